The molecule has 0 spiro atoms. The van der Waals surface area contributed by atoms with Gasteiger partial charge in [-0.2, -0.15) is 0 Å². The van der Waals surface area contributed by atoms with E-state index < -0.39 is 12.1 Å². The number of ketones is 1. The lowest BCUT2D eigenvalue weighted by Gasteiger charge is -2.30. The average molecular weight is 457 g/mol. The Bertz CT molecular complexity index is 956. The summed E-state index contributed by atoms with van der Waals surface area (Å²) in [4.78, 5) is 50.1. The fourth-order valence-corrected chi connectivity index (χ4v) is 5.08. The predicted molar refractivity (Wildman–Crippen MR) is 122 cm³/mol. The van der Waals surface area contributed by atoms with E-state index in [-0.39, 0.29) is 41.8 Å². The van der Waals surface area contributed by atoms with Crippen molar-refractivity contribution in [1.29, 1.82) is 0 Å². The van der Waals surface area contributed by atoms with Gasteiger partial charge in [-0.3, -0.25) is 14.4 Å². The molecule has 1 aromatic carbocycles. The van der Waals surface area contributed by atoms with Crippen LogP contribution < -0.4 is 21.3 Å². The third-order valence-corrected chi connectivity index (χ3v) is 7.04. The van der Waals surface area contributed by atoms with Gasteiger partial charge in [0.1, 0.15) is 18.7 Å². The predicted octanol–water partition coefficient (Wildman–Crippen LogP) is 2.25. The molecule has 178 valence electrons. The number of fused-ring (bicyclic) bond motifs is 1. The van der Waals surface area contributed by atoms with Gasteiger partial charge in [0.15, 0.2) is 5.78 Å². The zero-order valence-corrected chi connectivity index (χ0v) is 19.2. The monoisotopic (exact) mass is 456 g/mol. The van der Waals surface area contributed by atoms with Gasteiger partial charge >= 0.3 is 6.03 Å². The molecule has 1 saturated heterocycles. The fraction of sp³-hybridized carbons (Fsp3) is 0.583. The third kappa shape index (κ3) is 5.19. The van der Waals surface area contributed by atoms with E-state index in [0.29, 0.717) is 30.6 Å². The maximum atomic E-state index is 13.3. The largest absolute Gasteiger partial charge is 0.368 e. The van der Waals surface area contributed by atoms with Crippen LogP contribution in [0.3, 0.4) is 0 Å². The summed E-state index contributed by atoms with van der Waals surface area (Å²) in [6.45, 7) is 4.39. The molecule has 2 fully saturated rings. The van der Waals surface area contributed by atoms with Crippen molar-refractivity contribution in [3.63, 3.8) is 0 Å². The van der Waals surface area contributed by atoms with Gasteiger partial charge in [-0.25, -0.2) is 4.79 Å². The first-order valence-electron chi connectivity index (χ1n) is 11.7. The summed E-state index contributed by atoms with van der Waals surface area (Å²) in [5.41, 5.74) is 1.83. The molecule has 0 bridgehead atoms. The first-order chi connectivity index (χ1) is 15.8. The summed E-state index contributed by atoms with van der Waals surface area (Å²) in [7, 11) is 0. The van der Waals surface area contributed by atoms with Crippen LogP contribution in [0.15, 0.2) is 18.2 Å². The minimum atomic E-state index is -0.764. The molecule has 1 saturated carbocycles. The van der Waals surface area contributed by atoms with Crippen molar-refractivity contribution in [3.05, 3.63) is 29.3 Å². The first kappa shape index (κ1) is 23.2. The molecular weight excluding hydrogens is 424 g/mol. The highest BCUT2D eigenvalue weighted by Crippen LogP contribution is 2.41. The molecular formula is C24H32N4O5. The van der Waals surface area contributed by atoms with Gasteiger partial charge < -0.3 is 26.0 Å². The smallest absolute Gasteiger partial charge is 0.319 e. The van der Waals surface area contributed by atoms with Gasteiger partial charge in [0.05, 0.1) is 6.10 Å². The number of carbonyl (C=O) groups is 4. The SMILES string of the molecule is CC[C@@H]1OCC(=O)[C@H]1NC(=O)[C@H](CC1(C)CCCC1)NC(=O)c1ccc2c(c1)CNC(=O)N2. The lowest BCUT2D eigenvalue weighted by molar-refractivity contribution is -0.128. The molecule has 9 nitrogen and oxygen atoms in total. The Morgan fingerprint density at radius 3 is 2.73 bits per heavy atom. The summed E-state index contributed by atoms with van der Waals surface area (Å²) in [6.07, 6.45) is 4.99. The number of ether oxygens (including phenoxy) is 1. The van der Waals surface area contributed by atoms with Crippen LogP contribution in [0.2, 0.25) is 0 Å². The van der Waals surface area contributed by atoms with Gasteiger partial charge in [-0.15, -0.1) is 0 Å². The molecule has 3 atom stereocenters. The summed E-state index contributed by atoms with van der Waals surface area (Å²) >= 11 is 0. The highest BCUT2D eigenvalue weighted by atomic mass is 16.5. The maximum absolute atomic E-state index is 13.3. The summed E-state index contributed by atoms with van der Waals surface area (Å²) in [5, 5.41) is 11.1. The molecule has 4 N–H and O–H groups in total. The Hall–Kier alpha value is -2.94. The summed E-state index contributed by atoms with van der Waals surface area (Å²) in [6, 6.07) is 3.31. The zero-order chi connectivity index (χ0) is 23.6. The number of rotatable bonds is 7. The summed E-state index contributed by atoms with van der Waals surface area (Å²) in [5.74, 6) is -0.861. The molecule has 2 aliphatic heterocycles. The van der Waals surface area contributed by atoms with Gasteiger partial charge in [0.2, 0.25) is 5.91 Å². The Labute approximate surface area is 193 Å². The molecule has 9 heteroatoms. The van der Waals surface area contributed by atoms with E-state index in [1.807, 2.05) is 6.92 Å². The van der Waals surface area contributed by atoms with Crippen molar-refractivity contribution in [2.24, 2.45) is 5.41 Å². The molecule has 4 amide bonds. The van der Waals surface area contributed by atoms with Crippen LogP contribution in [0.25, 0.3) is 0 Å². The van der Waals surface area contributed by atoms with Crippen molar-refractivity contribution >= 4 is 29.3 Å². The number of hydrogen-bond acceptors (Lipinski definition) is 5. The number of Topliss-reactive ketones (excluding diaryl/α,β-unsaturated/α-hetero) is 1. The average Bonchev–Trinajstić information content (AvgIpc) is 3.38. The van der Waals surface area contributed by atoms with Crippen LogP contribution >= 0.6 is 0 Å². The standard InChI is InChI=1S/C24H32N4O5/c1-3-19-20(18(29)13-33-19)28-22(31)17(11-24(2)8-4-5-9-24)26-21(30)14-6-7-16-15(10-14)12-25-23(32)27-16/h6-7,10,17,19-20H,3-5,8-9,11-13H2,1-2H3,(H,26,30)(H,28,31)(H2,25,27,32)/t17-,19-,20+/m0/s1. The van der Waals surface area contributed by atoms with Crippen molar-refractivity contribution in [1.82, 2.24) is 16.0 Å². The molecule has 3 aliphatic rings. The first-order valence-corrected chi connectivity index (χ1v) is 11.7. The van der Waals surface area contributed by atoms with E-state index in [0.717, 1.165) is 31.2 Å². The van der Waals surface area contributed by atoms with E-state index in [1.165, 1.54) is 0 Å². The Morgan fingerprint density at radius 1 is 1.24 bits per heavy atom. The van der Waals surface area contributed by atoms with E-state index in [1.54, 1.807) is 18.2 Å². The maximum Gasteiger partial charge on any atom is 0.319 e. The second-order valence-electron chi connectivity index (χ2n) is 9.64. The van der Waals surface area contributed by atoms with Gasteiger partial charge in [-0.05, 0) is 54.9 Å². The molecule has 0 unspecified atom stereocenters. The number of urea groups is 1. The number of anilines is 1. The van der Waals surface area contributed by atoms with E-state index >= 15 is 0 Å². The number of carbonyl (C=O) groups excluding carboxylic acids is 4. The van der Waals surface area contributed by atoms with Crippen molar-refractivity contribution < 1.29 is 23.9 Å². The topological polar surface area (TPSA) is 126 Å². The van der Waals surface area contributed by atoms with E-state index in [2.05, 4.69) is 28.2 Å². The van der Waals surface area contributed by atoms with E-state index in [4.69, 9.17) is 4.74 Å². The molecule has 2 heterocycles. The third-order valence-electron chi connectivity index (χ3n) is 7.04. The Kier molecular flexibility index (Phi) is 6.69. The molecule has 4 rings (SSSR count). The van der Waals surface area contributed by atoms with Gasteiger partial charge in [-0.1, -0.05) is 26.7 Å². The highest BCUT2D eigenvalue weighted by Gasteiger charge is 2.40. The van der Waals surface area contributed by atoms with Crippen molar-refractivity contribution in [2.75, 3.05) is 11.9 Å². The lowest BCUT2D eigenvalue weighted by atomic mass is 9.81. The van der Waals surface area contributed by atoms with Crippen LogP contribution in [-0.4, -0.2) is 48.4 Å². The molecule has 1 aliphatic carbocycles. The number of nitrogens with one attached hydrogen (secondary N) is 4. The van der Waals surface area contributed by atoms with Gasteiger partial charge in [0, 0.05) is 17.8 Å². The van der Waals surface area contributed by atoms with Crippen LogP contribution in [0.4, 0.5) is 10.5 Å². The number of amides is 4. The fourth-order valence-electron chi connectivity index (χ4n) is 5.08. The lowest BCUT2D eigenvalue weighted by Crippen LogP contribution is -2.54. The van der Waals surface area contributed by atoms with Crippen LogP contribution in [0, 0.1) is 5.41 Å². The van der Waals surface area contributed by atoms with Crippen molar-refractivity contribution in [2.45, 2.75) is 77.1 Å². The highest BCUT2D eigenvalue weighted by molar-refractivity contribution is 6.00. The van der Waals surface area contributed by atoms with Crippen LogP contribution in [0.5, 0.6) is 0 Å². The molecule has 0 aromatic heterocycles. The molecule has 0 radical (unpaired) electrons. The normalized spacial score (nSPS) is 24.4. The minimum absolute atomic E-state index is 0.00209. The van der Waals surface area contributed by atoms with Crippen LogP contribution in [-0.2, 0) is 20.9 Å². The molecule has 1 aromatic rings. The number of hydrogen-bond donors (Lipinski definition) is 4. The quantitative estimate of drug-likeness (QED) is 0.501. The van der Waals surface area contributed by atoms with Gasteiger partial charge in [0.25, 0.3) is 5.91 Å². The van der Waals surface area contributed by atoms with Crippen molar-refractivity contribution in [3.8, 4) is 0 Å². The second-order valence-corrected chi connectivity index (χ2v) is 9.64. The second kappa shape index (κ2) is 9.51. The minimum Gasteiger partial charge on any atom is -0.368 e. The Morgan fingerprint density at radius 2 is 2.00 bits per heavy atom. The number of benzene rings is 1. The van der Waals surface area contributed by atoms with E-state index in [9.17, 15) is 19.2 Å². The van der Waals surface area contributed by atoms with Crippen LogP contribution in [0.1, 0.15) is 68.3 Å². The Balaban J connectivity index is 1.50. The summed E-state index contributed by atoms with van der Waals surface area (Å²) < 4.78 is 5.48. The molecule has 33 heavy (non-hydrogen) atoms. The zero-order valence-electron chi connectivity index (χ0n) is 19.2.